The minimum Gasteiger partial charge on any atom is -0.480 e. The van der Waals surface area contributed by atoms with Crippen LogP contribution >= 0.6 is 0 Å². The summed E-state index contributed by atoms with van der Waals surface area (Å²) in [7, 11) is -1.75. The van der Waals surface area contributed by atoms with Crippen LogP contribution < -0.4 is 4.74 Å². The van der Waals surface area contributed by atoms with Crippen LogP contribution in [0.15, 0.2) is 53.4 Å². The molecule has 1 fully saturated rings. The summed E-state index contributed by atoms with van der Waals surface area (Å²) in [5.41, 5.74) is 1.82. The van der Waals surface area contributed by atoms with Crippen molar-refractivity contribution in [2.75, 3.05) is 20.1 Å². The Morgan fingerprint density at radius 2 is 1.80 bits per heavy atom. The molecule has 1 amide bonds. The number of hydrogen-bond donors (Lipinski definition) is 0. The van der Waals surface area contributed by atoms with E-state index in [1.807, 2.05) is 37.3 Å². The molecule has 7 heteroatoms. The third kappa shape index (κ3) is 3.96. The Labute approximate surface area is 178 Å². The van der Waals surface area contributed by atoms with Crippen LogP contribution in [0.25, 0.3) is 0 Å². The highest BCUT2D eigenvalue weighted by atomic mass is 32.2. The van der Waals surface area contributed by atoms with Gasteiger partial charge in [0.2, 0.25) is 10.0 Å². The molecule has 2 aromatic rings. The molecular weight excluding hydrogens is 400 g/mol. The van der Waals surface area contributed by atoms with Crippen molar-refractivity contribution >= 4 is 15.9 Å². The Morgan fingerprint density at radius 3 is 2.50 bits per heavy atom. The monoisotopic (exact) mass is 428 g/mol. The van der Waals surface area contributed by atoms with Gasteiger partial charge in [0.25, 0.3) is 5.91 Å². The van der Waals surface area contributed by atoms with Crippen molar-refractivity contribution in [3.8, 4) is 5.75 Å². The van der Waals surface area contributed by atoms with E-state index in [0.29, 0.717) is 25.4 Å². The number of benzene rings is 2. The Balaban J connectivity index is 1.51. The number of ether oxygens (including phenoxy) is 1. The molecule has 0 aromatic heterocycles. The van der Waals surface area contributed by atoms with E-state index in [2.05, 4.69) is 0 Å². The molecule has 2 heterocycles. The maximum Gasteiger partial charge on any atom is 0.264 e. The quantitative estimate of drug-likeness (QED) is 0.732. The number of hydrogen-bond acceptors (Lipinski definition) is 4. The minimum atomic E-state index is -3.52. The van der Waals surface area contributed by atoms with E-state index < -0.39 is 16.1 Å². The average molecular weight is 429 g/mol. The Hall–Kier alpha value is -2.38. The molecule has 4 rings (SSSR count). The molecule has 0 spiro atoms. The van der Waals surface area contributed by atoms with Crippen molar-refractivity contribution < 1.29 is 17.9 Å². The fourth-order valence-corrected chi connectivity index (χ4v) is 5.78. The zero-order chi connectivity index (χ0) is 21.3. The van der Waals surface area contributed by atoms with Gasteiger partial charge in [-0.25, -0.2) is 8.42 Å². The van der Waals surface area contributed by atoms with Gasteiger partial charge in [-0.2, -0.15) is 4.31 Å². The summed E-state index contributed by atoms with van der Waals surface area (Å²) in [6.07, 6.45) is 2.21. The second-order valence-corrected chi connectivity index (χ2v) is 10.1. The van der Waals surface area contributed by atoms with Gasteiger partial charge in [-0.05, 0) is 36.6 Å². The first-order chi connectivity index (χ1) is 14.4. The zero-order valence-electron chi connectivity index (χ0n) is 17.5. The van der Waals surface area contributed by atoms with Crippen molar-refractivity contribution in [3.05, 3.63) is 59.7 Å². The lowest BCUT2D eigenvalue weighted by Crippen LogP contribution is -2.39. The summed E-state index contributed by atoms with van der Waals surface area (Å²) in [6, 6.07) is 14.8. The van der Waals surface area contributed by atoms with E-state index >= 15 is 0 Å². The molecule has 2 aliphatic heterocycles. The van der Waals surface area contributed by atoms with Gasteiger partial charge in [0.1, 0.15) is 5.75 Å². The molecule has 2 aliphatic rings. The van der Waals surface area contributed by atoms with E-state index in [0.717, 1.165) is 30.4 Å². The smallest absolute Gasteiger partial charge is 0.264 e. The summed E-state index contributed by atoms with van der Waals surface area (Å²) in [4.78, 5) is 15.0. The fraction of sp³-hybridized carbons (Fsp3) is 0.435. The van der Waals surface area contributed by atoms with E-state index in [9.17, 15) is 13.2 Å². The number of sulfonamides is 1. The van der Waals surface area contributed by atoms with Crippen molar-refractivity contribution in [3.63, 3.8) is 0 Å². The lowest BCUT2D eigenvalue weighted by atomic mass is 9.97. The van der Waals surface area contributed by atoms with Gasteiger partial charge < -0.3 is 9.64 Å². The van der Waals surface area contributed by atoms with Gasteiger partial charge in [0.15, 0.2) is 6.10 Å². The predicted molar refractivity (Wildman–Crippen MR) is 115 cm³/mol. The van der Waals surface area contributed by atoms with E-state index in [-0.39, 0.29) is 16.7 Å². The van der Waals surface area contributed by atoms with Crippen LogP contribution in [0.1, 0.15) is 43.2 Å². The van der Waals surface area contributed by atoms with Crippen molar-refractivity contribution in [1.29, 1.82) is 0 Å². The summed E-state index contributed by atoms with van der Waals surface area (Å²) < 4.78 is 33.6. The molecule has 30 heavy (non-hydrogen) atoms. The Morgan fingerprint density at radius 1 is 1.10 bits per heavy atom. The first-order valence-electron chi connectivity index (χ1n) is 10.5. The highest BCUT2D eigenvalue weighted by Crippen LogP contribution is 2.40. The van der Waals surface area contributed by atoms with Crippen LogP contribution in [-0.4, -0.2) is 49.8 Å². The van der Waals surface area contributed by atoms with Gasteiger partial charge >= 0.3 is 0 Å². The maximum absolute atomic E-state index is 13.0. The van der Waals surface area contributed by atoms with Crippen LogP contribution in [0.4, 0.5) is 0 Å². The second kappa shape index (κ2) is 8.40. The minimum absolute atomic E-state index is 0.108. The largest absolute Gasteiger partial charge is 0.480 e. The molecule has 0 aliphatic carbocycles. The summed E-state index contributed by atoms with van der Waals surface area (Å²) in [6.45, 7) is 3.55. The van der Waals surface area contributed by atoms with Crippen LogP contribution in [0.5, 0.6) is 5.75 Å². The number of nitrogens with zero attached hydrogens (tertiary/aromatic N) is 2. The lowest BCUT2D eigenvalue weighted by molar-refractivity contribution is -0.137. The topological polar surface area (TPSA) is 66.9 Å². The van der Waals surface area contributed by atoms with Gasteiger partial charge in [-0.1, -0.05) is 43.7 Å². The van der Waals surface area contributed by atoms with E-state index in [1.54, 1.807) is 34.5 Å². The SMILES string of the molecule is CC1c2cc(S(=O)(=O)N3CCCCC3)ccc2OC1C(=O)N(C)Cc1ccccc1. The molecule has 0 bridgehead atoms. The normalized spacial score (nSPS) is 21.7. The second-order valence-electron chi connectivity index (χ2n) is 8.17. The Bertz CT molecular complexity index is 1020. The summed E-state index contributed by atoms with van der Waals surface area (Å²) in [5, 5.41) is 0. The zero-order valence-corrected chi connectivity index (χ0v) is 18.3. The third-order valence-electron chi connectivity index (χ3n) is 6.01. The summed E-state index contributed by atoms with van der Waals surface area (Å²) >= 11 is 0. The number of rotatable bonds is 5. The van der Waals surface area contributed by atoms with Crippen molar-refractivity contribution in [2.45, 2.75) is 49.6 Å². The lowest BCUT2D eigenvalue weighted by Gasteiger charge is -2.26. The van der Waals surface area contributed by atoms with Gasteiger partial charge in [-0.3, -0.25) is 4.79 Å². The highest BCUT2D eigenvalue weighted by molar-refractivity contribution is 7.89. The predicted octanol–water partition coefficient (Wildman–Crippen LogP) is 3.38. The molecule has 0 saturated carbocycles. The summed E-state index contributed by atoms with van der Waals surface area (Å²) in [5.74, 6) is 0.261. The fourth-order valence-electron chi connectivity index (χ4n) is 4.22. The van der Waals surface area contributed by atoms with E-state index in [1.165, 1.54) is 0 Å². The van der Waals surface area contributed by atoms with E-state index in [4.69, 9.17) is 4.74 Å². The van der Waals surface area contributed by atoms with Gasteiger partial charge in [0, 0.05) is 38.2 Å². The van der Waals surface area contributed by atoms with Crippen LogP contribution in [0.3, 0.4) is 0 Å². The number of carbonyl (C=O) groups is 1. The number of amides is 1. The molecule has 2 aromatic carbocycles. The number of carbonyl (C=O) groups excluding carboxylic acids is 1. The van der Waals surface area contributed by atoms with Crippen LogP contribution in [-0.2, 0) is 21.4 Å². The van der Waals surface area contributed by atoms with Crippen molar-refractivity contribution in [1.82, 2.24) is 9.21 Å². The number of piperidine rings is 1. The third-order valence-corrected chi connectivity index (χ3v) is 7.91. The highest BCUT2D eigenvalue weighted by Gasteiger charge is 2.39. The molecule has 160 valence electrons. The molecule has 0 N–H and O–H groups in total. The van der Waals surface area contributed by atoms with Crippen molar-refractivity contribution in [2.24, 2.45) is 0 Å². The van der Waals surface area contributed by atoms with Crippen LogP contribution in [0.2, 0.25) is 0 Å². The molecule has 0 radical (unpaired) electrons. The average Bonchev–Trinajstić information content (AvgIpc) is 3.10. The Kier molecular flexibility index (Phi) is 5.84. The molecule has 2 atom stereocenters. The molecule has 1 saturated heterocycles. The first-order valence-corrected chi connectivity index (χ1v) is 11.9. The molecule has 2 unspecified atom stereocenters. The first kappa shape index (κ1) is 20.9. The molecule has 6 nitrogen and oxygen atoms in total. The number of fused-ring (bicyclic) bond motifs is 1. The maximum atomic E-state index is 13.0. The standard InChI is InChI=1S/C23H28N2O4S/c1-17-20-15-19(30(27,28)25-13-7-4-8-14-25)11-12-21(20)29-22(17)23(26)24(2)16-18-9-5-3-6-10-18/h3,5-6,9-12,15,17,22H,4,7-8,13-14,16H2,1-2H3. The van der Waals surface area contributed by atoms with Crippen LogP contribution in [0, 0.1) is 0 Å². The number of likely N-dealkylation sites (N-methyl/N-ethyl adjacent to an activating group) is 1. The molecular formula is C23H28N2O4S. The van der Waals surface area contributed by atoms with Gasteiger partial charge in [-0.15, -0.1) is 0 Å². The van der Waals surface area contributed by atoms with Gasteiger partial charge in [0.05, 0.1) is 4.90 Å².